The number of anilines is 2. The number of hydroxylamine groups is 2. The Kier molecular flexibility index (Phi) is 7.83. The third kappa shape index (κ3) is 6.29. The van der Waals surface area contributed by atoms with Crippen LogP contribution in [0.25, 0.3) is 11.1 Å². The first-order valence-electron chi connectivity index (χ1n) is 12.1. The zero-order chi connectivity index (χ0) is 26.6. The number of hydrogen-bond acceptors (Lipinski definition) is 4. The first-order chi connectivity index (χ1) is 17.7. The molecule has 6 nitrogen and oxygen atoms in total. The van der Waals surface area contributed by atoms with Crippen LogP contribution in [0.5, 0.6) is 0 Å². The fraction of sp³-hybridized carbons (Fsp3) is 0.286. The lowest BCUT2D eigenvalue weighted by Gasteiger charge is -2.20. The molecule has 9 heteroatoms. The SMILES string of the molecule is CCCCC(=O)ON1Cc2ccc(-c3ccc(NC(=O)Nc4ccccc4C(F)(F)F)cc3)cc2C1C. The zero-order valence-corrected chi connectivity index (χ0v) is 20.6. The Balaban J connectivity index is 1.40. The first kappa shape index (κ1) is 26.2. The summed E-state index contributed by atoms with van der Waals surface area (Å²) in [5, 5.41) is 6.53. The van der Waals surface area contributed by atoms with Gasteiger partial charge in [-0.15, -0.1) is 5.06 Å². The standard InChI is InChI=1S/C28H28F3N3O3/c1-3-4-9-26(35)37-34-17-21-11-10-20(16-23(21)18(34)2)19-12-14-22(15-13-19)32-27(36)33-25-8-6-5-7-24(25)28(29,30)31/h5-8,10-16,18H,3-4,9,17H2,1-2H3,(H2,32,33,36). The second-order valence-corrected chi connectivity index (χ2v) is 8.93. The van der Waals surface area contributed by atoms with E-state index in [1.165, 1.54) is 18.2 Å². The third-order valence-electron chi connectivity index (χ3n) is 6.26. The second-order valence-electron chi connectivity index (χ2n) is 8.93. The molecule has 1 heterocycles. The number of urea groups is 1. The molecule has 0 saturated heterocycles. The Morgan fingerprint density at radius 1 is 1.00 bits per heavy atom. The lowest BCUT2D eigenvalue weighted by atomic mass is 9.98. The highest BCUT2D eigenvalue weighted by Gasteiger charge is 2.33. The van der Waals surface area contributed by atoms with Crippen LogP contribution in [0.1, 0.15) is 55.8 Å². The first-order valence-corrected chi connectivity index (χ1v) is 12.1. The van der Waals surface area contributed by atoms with Gasteiger partial charge in [0.15, 0.2) is 0 Å². The number of para-hydroxylation sites is 1. The molecule has 3 aromatic carbocycles. The minimum atomic E-state index is -4.58. The number of halogens is 3. The van der Waals surface area contributed by atoms with Crippen molar-refractivity contribution < 1.29 is 27.6 Å². The van der Waals surface area contributed by atoms with Crippen molar-refractivity contribution >= 4 is 23.4 Å². The van der Waals surface area contributed by atoms with E-state index in [4.69, 9.17) is 4.84 Å². The molecule has 1 unspecified atom stereocenters. The molecule has 0 saturated carbocycles. The van der Waals surface area contributed by atoms with Gasteiger partial charge in [-0.05, 0) is 65.9 Å². The smallest absolute Gasteiger partial charge is 0.367 e. The summed E-state index contributed by atoms with van der Waals surface area (Å²) < 4.78 is 39.5. The maximum Gasteiger partial charge on any atom is 0.418 e. The van der Waals surface area contributed by atoms with Gasteiger partial charge in [0, 0.05) is 12.1 Å². The van der Waals surface area contributed by atoms with Crippen molar-refractivity contribution in [3.05, 3.63) is 83.4 Å². The van der Waals surface area contributed by atoms with Gasteiger partial charge in [0.1, 0.15) is 0 Å². The molecular weight excluding hydrogens is 483 g/mol. The molecule has 37 heavy (non-hydrogen) atoms. The van der Waals surface area contributed by atoms with Gasteiger partial charge < -0.3 is 15.5 Å². The van der Waals surface area contributed by atoms with Crippen molar-refractivity contribution in [2.45, 2.75) is 51.9 Å². The lowest BCUT2D eigenvalue weighted by Crippen LogP contribution is -2.24. The molecule has 2 N–H and O–H groups in total. The Morgan fingerprint density at radius 3 is 2.41 bits per heavy atom. The topological polar surface area (TPSA) is 70.7 Å². The summed E-state index contributed by atoms with van der Waals surface area (Å²) in [6, 6.07) is 17.0. The Bertz CT molecular complexity index is 1280. The maximum absolute atomic E-state index is 13.2. The van der Waals surface area contributed by atoms with Crippen LogP contribution in [-0.4, -0.2) is 17.1 Å². The predicted molar refractivity (Wildman–Crippen MR) is 136 cm³/mol. The van der Waals surface area contributed by atoms with Gasteiger partial charge in [-0.1, -0.05) is 49.7 Å². The molecule has 2 amide bonds. The lowest BCUT2D eigenvalue weighted by molar-refractivity contribution is -0.201. The van der Waals surface area contributed by atoms with Crippen molar-refractivity contribution in [1.82, 2.24) is 5.06 Å². The minimum absolute atomic E-state index is 0.0789. The van der Waals surface area contributed by atoms with Crippen molar-refractivity contribution in [2.24, 2.45) is 0 Å². The summed E-state index contributed by atoms with van der Waals surface area (Å²) in [4.78, 5) is 29.9. The summed E-state index contributed by atoms with van der Waals surface area (Å²) in [6.45, 7) is 4.55. The minimum Gasteiger partial charge on any atom is -0.367 e. The molecule has 0 spiro atoms. The van der Waals surface area contributed by atoms with Crippen LogP contribution in [0, 0.1) is 0 Å². The van der Waals surface area contributed by atoms with Crippen molar-refractivity contribution in [2.75, 3.05) is 10.6 Å². The van der Waals surface area contributed by atoms with E-state index in [0.717, 1.165) is 41.2 Å². The van der Waals surface area contributed by atoms with Crippen LogP contribution in [0.4, 0.5) is 29.3 Å². The summed E-state index contributed by atoms with van der Waals surface area (Å²) in [5.41, 5.74) is 3.23. The number of benzene rings is 3. The predicted octanol–water partition coefficient (Wildman–Crippen LogP) is 7.54. The fourth-order valence-electron chi connectivity index (χ4n) is 4.25. The summed E-state index contributed by atoms with van der Waals surface area (Å²) >= 11 is 0. The molecule has 4 rings (SSSR count). The third-order valence-corrected chi connectivity index (χ3v) is 6.26. The molecule has 0 bridgehead atoms. The van der Waals surface area contributed by atoms with E-state index in [9.17, 15) is 22.8 Å². The van der Waals surface area contributed by atoms with Crippen LogP contribution in [0.2, 0.25) is 0 Å². The maximum atomic E-state index is 13.2. The number of rotatable bonds is 7. The van der Waals surface area contributed by atoms with Gasteiger partial charge in [0.2, 0.25) is 0 Å². The summed E-state index contributed by atoms with van der Waals surface area (Å²) in [5.74, 6) is -0.226. The molecule has 0 aromatic heterocycles. The number of carbonyl (C=O) groups excluding carboxylic acids is 2. The van der Waals surface area contributed by atoms with Gasteiger partial charge in [-0.25, -0.2) is 4.79 Å². The van der Waals surface area contributed by atoms with Gasteiger partial charge >= 0.3 is 18.2 Å². The van der Waals surface area contributed by atoms with E-state index in [-0.39, 0.29) is 17.7 Å². The highest BCUT2D eigenvalue weighted by atomic mass is 19.4. The van der Waals surface area contributed by atoms with E-state index in [1.54, 1.807) is 17.2 Å². The monoisotopic (exact) mass is 511 g/mol. The quantitative estimate of drug-likeness (QED) is 0.344. The Labute approximate surface area is 213 Å². The number of alkyl halides is 3. The molecular formula is C28H28F3N3O3. The average Bonchev–Trinajstić information content (AvgIpc) is 3.17. The van der Waals surface area contributed by atoms with E-state index >= 15 is 0 Å². The summed E-state index contributed by atoms with van der Waals surface area (Å²) in [6.07, 6.45) is -2.45. The van der Waals surface area contributed by atoms with Crippen molar-refractivity contribution in [1.29, 1.82) is 0 Å². The molecule has 1 atom stereocenters. The summed E-state index contributed by atoms with van der Waals surface area (Å²) in [7, 11) is 0. The largest absolute Gasteiger partial charge is 0.418 e. The highest BCUT2D eigenvalue weighted by molar-refractivity contribution is 6.00. The molecule has 3 aromatic rings. The highest BCUT2D eigenvalue weighted by Crippen LogP contribution is 2.37. The fourth-order valence-corrected chi connectivity index (χ4v) is 4.25. The van der Waals surface area contributed by atoms with Crippen LogP contribution >= 0.6 is 0 Å². The zero-order valence-electron chi connectivity index (χ0n) is 20.6. The van der Waals surface area contributed by atoms with E-state index in [0.29, 0.717) is 18.7 Å². The van der Waals surface area contributed by atoms with Crippen LogP contribution in [-0.2, 0) is 22.4 Å². The molecule has 194 valence electrons. The Hall–Kier alpha value is -3.85. The number of fused-ring (bicyclic) bond motifs is 1. The second kappa shape index (κ2) is 11.0. The van der Waals surface area contributed by atoms with Gasteiger partial charge in [-0.2, -0.15) is 13.2 Å². The number of unbranched alkanes of at least 4 members (excludes halogenated alkanes) is 1. The molecule has 1 aliphatic rings. The average molecular weight is 512 g/mol. The molecule has 1 aliphatic heterocycles. The number of carbonyl (C=O) groups is 2. The van der Waals surface area contributed by atoms with E-state index in [2.05, 4.69) is 16.7 Å². The van der Waals surface area contributed by atoms with Gasteiger partial charge in [-0.3, -0.25) is 4.79 Å². The van der Waals surface area contributed by atoms with E-state index in [1.807, 2.05) is 38.1 Å². The van der Waals surface area contributed by atoms with E-state index < -0.39 is 17.8 Å². The normalized spacial score (nSPS) is 15.2. The Morgan fingerprint density at radius 2 is 1.70 bits per heavy atom. The molecule has 0 radical (unpaired) electrons. The number of hydrogen-bond donors (Lipinski definition) is 2. The van der Waals surface area contributed by atoms with Crippen LogP contribution < -0.4 is 10.6 Å². The van der Waals surface area contributed by atoms with Crippen molar-refractivity contribution in [3.8, 4) is 11.1 Å². The molecule has 0 aliphatic carbocycles. The van der Waals surface area contributed by atoms with Crippen molar-refractivity contribution in [3.63, 3.8) is 0 Å². The molecule has 0 fully saturated rings. The number of nitrogens with one attached hydrogen (secondary N) is 2. The van der Waals surface area contributed by atoms with Crippen LogP contribution in [0.15, 0.2) is 66.7 Å². The van der Waals surface area contributed by atoms with Gasteiger partial charge in [0.05, 0.1) is 23.8 Å². The van der Waals surface area contributed by atoms with Crippen LogP contribution in [0.3, 0.4) is 0 Å². The number of nitrogens with zero attached hydrogens (tertiary/aromatic N) is 1. The van der Waals surface area contributed by atoms with Gasteiger partial charge in [0.25, 0.3) is 0 Å². The number of amides is 2.